The number of carbonyl (C=O) groups is 1. The maximum Gasteiger partial charge on any atom is 1.00 e. The Morgan fingerprint density at radius 2 is 1.92 bits per heavy atom. The number of hydrogen-bond donors (Lipinski definition) is 3. The van der Waals surface area contributed by atoms with Crippen LogP contribution >= 0.6 is 0 Å². The Bertz CT molecular complexity index is 303. The Labute approximate surface area is 92.2 Å². The molecule has 12 heavy (non-hydrogen) atoms. The summed E-state index contributed by atoms with van der Waals surface area (Å²) in [4.78, 5) is 10.3. The van der Waals surface area contributed by atoms with E-state index in [0.29, 0.717) is 0 Å². The van der Waals surface area contributed by atoms with Crippen LogP contribution in [0.25, 0.3) is 0 Å². The van der Waals surface area contributed by atoms with Crippen LogP contribution in [-0.4, -0.2) is 21.3 Å². The van der Waals surface area contributed by atoms with E-state index in [2.05, 4.69) is 0 Å². The van der Waals surface area contributed by atoms with Gasteiger partial charge in [0, 0.05) is 6.07 Å². The predicted molar refractivity (Wildman–Crippen MR) is 37.8 cm³/mol. The van der Waals surface area contributed by atoms with Crippen molar-refractivity contribution >= 4 is 5.97 Å². The van der Waals surface area contributed by atoms with Gasteiger partial charge >= 0.3 is 35.5 Å². The molecule has 0 amide bonds. The molecule has 0 aliphatic carbocycles. The Kier molecular flexibility index (Phi) is 4.09. The third-order valence-corrected chi connectivity index (χ3v) is 1.21. The Morgan fingerprint density at radius 1 is 1.33 bits per heavy atom. The van der Waals surface area contributed by atoms with Crippen LogP contribution in [0.3, 0.4) is 0 Å². The van der Waals surface area contributed by atoms with Gasteiger partial charge in [-0.1, -0.05) is 0 Å². The van der Waals surface area contributed by atoms with Gasteiger partial charge in [-0.15, -0.1) is 0 Å². The van der Waals surface area contributed by atoms with E-state index >= 15 is 0 Å². The molecule has 1 aromatic rings. The van der Waals surface area contributed by atoms with Crippen molar-refractivity contribution in [2.75, 3.05) is 0 Å². The number of hydrogen-bond acceptors (Lipinski definition) is 3. The smallest absolute Gasteiger partial charge is 1.00 e. The molecule has 0 aliphatic rings. The average molecular weight is 178 g/mol. The Morgan fingerprint density at radius 3 is 2.33 bits per heavy atom. The topological polar surface area (TPSA) is 77.8 Å². The standard InChI is InChI=1S/C7H6O4.Na.H/c8-4-1-2-5(7(10)11)6(9)3-4;;/h1-3,8-9H,(H,10,11);;/q;+1;-1. The van der Waals surface area contributed by atoms with Crippen LogP contribution in [0.5, 0.6) is 11.5 Å². The van der Waals surface area contributed by atoms with Crippen molar-refractivity contribution < 1.29 is 51.1 Å². The van der Waals surface area contributed by atoms with Crippen molar-refractivity contribution in [2.45, 2.75) is 0 Å². The van der Waals surface area contributed by atoms with E-state index in [1.165, 1.54) is 6.07 Å². The van der Waals surface area contributed by atoms with Gasteiger partial charge in [-0.05, 0) is 12.1 Å². The van der Waals surface area contributed by atoms with Crippen LogP contribution in [-0.2, 0) is 0 Å². The number of rotatable bonds is 1. The molecule has 0 unspecified atom stereocenters. The van der Waals surface area contributed by atoms with E-state index in [4.69, 9.17) is 15.3 Å². The molecule has 0 atom stereocenters. The first-order valence-electron chi connectivity index (χ1n) is 2.86. The average Bonchev–Trinajstić information content (AvgIpc) is 1.85. The zero-order chi connectivity index (χ0) is 8.43. The number of phenols is 2. The molecule has 0 heterocycles. The molecule has 0 bridgehead atoms. The van der Waals surface area contributed by atoms with Crippen molar-refractivity contribution in [1.82, 2.24) is 0 Å². The quantitative estimate of drug-likeness (QED) is 0.431. The first-order valence-corrected chi connectivity index (χ1v) is 2.86. The molecular weight excluding hydrogens is 171 g/mol. The molecule has 0 fully saturated rings. The maximum atomic E-state index is 10.3. The first kappa shape index (κ1) is 11.3. The second-order valence-corrected chi connectivity index (χ2v) is 2.01. The summed E-state index contributed by atoms with van der Waals surface area (Å²) >= 11 is 0. The molecule has 0 aromatic heterocycles. The SMILES string of the molecule is O=C(O)c1ccc(O)cc1O.[H-].[Na+]. The number of carboxylic acid groups (broad SMARTS) is 1. The van der Waals surface area contributed by atoms with Crippen LogP contribution in [0.15, 0.2) is 18.2 Å². The van der Waals surface area contributed by atoms with Gasteiger partial charge in [0.25, 0.3) is 0 Å². The number of benzene rings is 1. The van der Waals surface area contributed by atoms with E-state index in [9.17, 15) is 4.79 Å². The summed E-state index contributed by atoms with van der Waals surface area (Å²) < 4.78 is 0. The van der Waals surface area contributed by atoms with Gasteiger partial charge in [0.2, 0.25) is 0 Å². The zero-order valence-corrected chi connectivity index (χ0v) is 8.48. The molecule has 0 aliphatic heterocycles. The minimum Gasteiger partial charge on any atom is -1.00 e. The summed E-state index contributed by atoms with van der Waals surface area (Å²) in [6, 6.07) is 3.31. The minimum absolute atomic E-state index is 0. The molecule has 1 aromatic carbocycles. The van der Waals surface area contributed by atoms with Gasteiger partial charge in [-0.2, -0.15) is 0 Å². The van der Waals surface area contributed by atoms with Gasteiger partial charge in [0.15, 0.2) is 0 Å². The van der Waals surface area contributed by atoms with E-state index in [0.717, 1.165) is 12.1 Å². The van der Waals surface area contributed by atoms with Crippen LogP contribution in [0.2, 0.25) is 0 Å². The van der Waals surface area contributed by atoms with Crippen molar-refractivity contribution in [3.05, 3.63) is 23.8 Å². The fraction of sp³-hybridized carbons (Fsp3) is 0. The Hall–Kier alpha value is -0.710. The molecular formula is C7H7NaO4. The molecule has 0 saturated carbocycles. The third-order valence-electron chi connectivity index (χ3n) is 1.21. The maximum absolute atomic E-state index is 10.3. The van der Waals surface area contributed by atoms with E-state index < -0.39 is 11.7 Å². The summed E-state index contributed by atoms with van der Waals surface area (Å²) in [6.45, 7) is 0. The second kappa shape index (κ2) is 4.35. The number of aromatic hydroxyl groups is 2. The van der Waals surface area contributed by atoms with E-state index in [-0.39, 0.29) is 42.3 Å². The Balaban J connectivity index is 0. The van der Waals surface area contributed by atoms with E-state index in [1.807, 2.05) is 0 Å². The molecule has 0 radical (unpaired) electrons. The second-order valence-electron chi connectivity index (χ2n) is 2.01. The molecule has 60 valence electrons. The summed E-state index contributed by atoms with van der Waals surface area (Å²) in [5, 5.41) is 26.1. The molecule has 0 spiro atoms. The first-order chi connectivity index (χ1) is 5.11. The van der Waals surface area contributed by atoms with Gasteiger partial charge in [0.1, 0.15) is 17.1 Å². The summed E-state index contributed by atoms with van der Waals surface area (Å²) in [6.07, 6.45) is 0. The van der Waals surface area contributed by atoms with Crippen molar-refractivity contribution in [1.29, 1.82) is 0 Å². The molecule has 4 nitrogen and oxygen atoms in total. The molecule has 1 rings (SSSR count). The third kappa shape index (κ3) is 2.41. The number of aromatic carboxylic acids is 1. The van der Waals surface area contributed by atoms with Gasteiger partial charge in [-0.25, -0.2) is 4.79 Å². The normalized spacial score (nSPS) is 8.67. The molecule has 3 N–H and O–H groups in total. The molecule has 5 heteroatoms. The van der Waals surface area contributed by atoms with Crippen molar-refractivity contribution in [2.24, 2.45) is 0 Å². The van der Waals surface area contributed by atoms with Crippen LogP contribution in [0.1, 0.15) is 11.8 Å². The van der Waals surface area contributed by atoms with Crippen LogP contribution in [0.4, 0.5) is 0 Å². The van der Waals surface area contributed by atoms with Gasteiger partial charge in [0.05, 0.1) is 0 Å². The fourth-order valence-corrected chi connectivity index (χ4v) is 0.701. The van der Waals surface area contributed by atoms with Crippen LogP contribution in [0, 0.1) is 0 Å². The van der Waals surface area contributed by atoms with Gasteiger partial charge in [-0.3, -0.25) is 0 Å². The summed E-state index contributed by atoms with van der Waals surface area (Å²) in [7, 11) is 0. The minimum atomic E-state index is -1.22. The van der Waals surface area contributed by atoms with Gasteiger partial charge < -0.3 is 16.7 Å². The molecule has 0 saturated heterocycles. The largest absolute Gasteiger partial charge is 1.00 e. The fourth-order valence-electron chi connectivity index (χ4n) is 0.701. The monoisotopic (exact) mass is 178 g/mol. The van der Waals surface area contributed by atoms with Crippen molar-refractivity contribution in [3.63, 3.8) is 0 Å². The summed E-state index contributed by atoms with van der Waals surface area (Å²) in [5.41, 5.74) is -0.220. The number of phenolic OH excluding ortho intramolecular Hbond substituents is 1. The van der Waals surface area contributed by atoms with Crippen LogP contribution < -0.4 is 29.6 Å². The zero-order valence-electron chi connectivity index (χ0n) is 7.48. The number of carboxylic acids is 1. The van der Waals surface area contributed by atoms with E-state index in [1.54, 1.807) is 0 Å². The predicted octanol–water partition coefficient (Wildman–Crippen LogP) is -2.09. The summed E-state index contributed by atoms with van der Waals surface area (Å²) in [5.74, 6) is -1.81. The van der Waals surface area contributed by atoms with Crippen molar-refractivity contribution in [3.8, 4) is 11.5 Å².